The fraction of sp³-hybridized carbons (Fsp3) is 0.818. The van der Waals surface area contributed by atoms with Crippen LogP contribution in [-0.4, -0.2) is 28.5 Å². The zero-order valence-electron chi connectivity index (χ0n) is 10.2. The lowest BCUT2D eigenvalue weighted by Gasteiger charge is -2.34. The molecule has 0 aromatic carbocycles. The zero-order valence-corrected chi connectivity index (χ0v) is 11.0. The summed E-state index contributed by atoms with van der Waals surface area (Å²) in [4.78, 5) is 6.84. The van der Waals surface area contributed by atoms with Crippen LogP contribution in [0.2, 0.25) is 0 Å². The fourth-order valence-corrected chi connectivity index (χ4v) is 2.70. The van der Waals surface area contributed by atoms with E-state index in [1.807, 2.05) is 0 Å². The highest BCUT2D eigenvalue weighted by molar-refractivity contribution is 7.09. The predicted octanol–water partition coefficient (Wildman–Crippen LogP) is 1.83. The van der Waals surface area contributed by atoms with E-state index in [0.29, 0.717) is 11.8 Å². The molecule has 4 nitrogen and oxygen atoms in total. The van der Waals surface area contributed by atoms with Gasteiger partial charge in [0.1, 0.15) is 5.82 Å². The summed E-state index contributed by atoms with van der Waals surface area (Å²) in [5.74, 6) is 1.98. The molecule has 2 unspecified atom stereocenters. The number of rotatable bonds is 2. The van der Waals surface area contributed by atoms with Crippen LogP contribution >= 0.6 is 11.5 Å². The van der Waals surface area contributed by atoms with Crippen molar-refractivity contribution >= 4 is 16.7 Å². The van der Waals surface area contributed by atoms with E-state index in [-0.39, 0.29) is 6.04 Å². The number of hydrogen-bond acceptors (Lipinski definition) is 5. The molecular formula is C11H20N4S. The molecule has 1 saturated heterocycles. The van der Waals surface area contributed by atoms with E-state index in [2.05, 4.69) is 35.0 Å². The summed E-state index contributed by atoms with van der Waals surface area (Å²) in [6, 6.07) is 0.264. The first kappa shape index (κ1) is 11.8. The van der Waals surface area contributed by atoms with Crippen LogP contribution < -0.4 is 10.6 Å². The highest BCUT2D eigenvalue weighted by atomic mass is 32.1. The second-order valence-electron chi connectivity index (χ2n) is 4.97. The summed E-state index contributed by atoms with van der Waals surface area (Å²) < 4.78 is 4.38. The van der Waals surface area contributed by atoms with Gasteiger partial charge in [0.2, 0.25) is 5.13 Å². The Balaban J connectivity index is 2.07. The molecule has 5 heteroatoms. The number of hydrogen-bond donors (Lipinski definition) is 1. The molecule has 90 valence electrons. The summed E-state index contributed by atoms with van der Waals surface area (Å²) >= 11 is 1.50. The molecule has 0 bridgehead atoms. The molecule has 0 spiro atoms. The Morgan fingerprint density at radius 3 is 2.81 bits per heavy atom. The number of nitrogens with zero attached hydrogens (tertiary/aromatic N) is 3. The largest absolute Gasteiger partial charge is 0.345 e. The second-order valence-corrected chi connectivity index (χ2v) is 5.70. The predicted molar refractivity (Wildman–Crippen MR) is 68.0 cm³/mol. The van der Waals surface area contributed by atoms with Gasteiger partial charge in [-0.25, -0.2) is 4.98 Å². The number of nitrogens with two attached hydrogens (primary N) is 1. The van der Waals surface area contributed by atoms with Crippen LogP contribution in [0.1, 0.15) is 38.9 Å². The van der Waals surface area contributed by atoms with Gasteiger partial charge in [0.25, 0.3) is 0 Å². The van der Waals surface area contributed by atoms with E-state index in [1.165, 1.54) is 11.5 Å². The molecule has 2 rings (SSSR count). The van der Waals surface area contributed by atoms with Crippen LogP contribution in [0.25, 0.3) is 0 Å². The van der Waals surface area contributed by atoms with Gasteiger partial charge in [-0.3, -0.25) is 0 Å². The summed E-state index contributed by atoms with van der Waals surface area (Å²) in [7, 11) is 0. The van der Waals surface area contributed by atoms with Crippen LogP contribution in [0.5, 0.6) is 0 Å². The maximum Gasteiger partial charge on any atom is 0.205 e. The Kier molecular flexibility index (Phi) is 3.44. The standard InChI is InChI=1S/C11H20N4S/c1-7(2)10-13-11(16-14-10)15-5-4-8(3)9(12)6-15/h7-9H,4-6,12H2,1-3H3. The van der Waals surface area contributed by atoms with Gasteiger partial charge in [-0.1, -0.05) is 20.8 Å². The monoisotopic (exact) mass is 240 g/mol. The second kappa shape index (κ2) is 4.67. The minimum absolute atomic E-state index is 0.264. The third-order valence-electron chi connectivity index (χ3n) is 3.23. The first-order valence-electron chi connectivity index (χ1n) is 5.92. The molecule has 2 N–H and O–H groups in total. The molecule has 1 fully saturated rings. The van der Waals surface area contributed by atoms with Crippen molar-refractivity contribution in [1.82, 2.24) is 9.36 Å². The molecule has 1 aliphatic rings. The first-order chi connectivity index (χ1) is 7.58. The molecule has 2 atom stereocenters. The molecule has 1 aromatic heterocycles. The minimum atomic E-state index is 0.264. The van der Waals surface area contributed by atoms with E-state index in [1.54, 1.807) is 0 Å². The summed E-state index contributed by atoms with van der Waals surface area (Å²) in [5.41, 5.74) is 6.09. The van der Waals surface area contributed by atoms with Crippen molar-refractivity contribution in [3.63, 3.8) is 0 Å². The van der Waals surface area contributed by atoms with Gasteiger partial charge >= 0.3 is 0 Å². The average Bonchev–Trinajstić information content (AvgIpc) is 2.71. The highest BCUT2D eigenvalue weighted by Crippen LogP contribution is 2.25. The summed E-state index contributed by atoms with van der Waals surface area (Å²) in [6.07, 6.45) is 1.15. The molecule has 0 aliphatic carbocycles. The third kappa shape index (κ3) is 2.35. The average molecular weight is 240 g/mol. The number of anilines is 1. The van der Waals surface area contributed by atoms with E-state index < -0.39 is 0 Å². The molecule has 1 aromatic rings. The minimum Gasteiger partial charge on any atom is -0.345 e. The molecule has 0 saturated carbocycles. The van der Waals surface area contributed by atoms with Crippen LogP contribution in [0.3, 0.4) is 0 Å². The van der Waals surface area contributed by atoms with E-state index in [0.717, 1.165) is 30.5 Å². The van der Waals surface area contributed by atoms with E-state index >= 15 is 0 Å². The van der Waals surface area contributed by atoms with Gasteiger partial charge < -0.3 is 10.6 Å². The number of aromatic nitrogens is 2. The first-order valence-corrected chi connectivity index (χ1v) is 6.69. The molecule has 0 radical (unpaired) electrons. The maximum absolute atomic E-state index is 6.09. The van der Waals surface area contributed by atoms with Crippen molar-refractivity contribution < 1.29 is 0 Å². The van der Waals surface area contributed by atoms with Gasteiger partial charge in [0.15, 0.2) is 0 Å². The topological polar surface area (TPSA) is 55.0 Å². The molecular weight excluding hydrogens is 220 g/mol. The SMILES string of the molecule is CC(C)c1nsc(N2CCC(C)C(N)C2)n1. The molecule has 0 amide bonds. The van der Waals surface area contributed by atoms with Crippen LogP contribution in [0.15, 0.2) is 0 Å². The Labute approximate surface area is 101 Å². The third-order valence-corrected chi connectivity index (χ3v) is 4.03. The zero-order chi connectivity index (χ0) is 11.7. The highest BCUT2D eigenvalue weighted by Gasteiger charge is 2.25. The lowest BCUT2D eigenvalue weighted by molar-refractivity contribution is 0.379. The molecule has 2 heterocycles. The van der Waals surface area contributed by atoms with E-state index in [9.17, 15) is 0 Å². The van der Waals surface area contributed by atoms with Crippen LogP contribution in [0.4, 0.5) is 5.13 Å². The lowest BCUT2D eigenvalue weighted by Crippen LogP contribution is -2.47. The van der Waals surface area contributed by atoms with Crippen molar-refractivity contribution in [2.45, 2.75) is 39.2 Å². The fourth-order valence-electron chi connectivity index (χ4n) is 1.86. The van der Waals surface area contributed by atoms with Crippen LogP contribution in [-0.2, 0) is 0 Å². The van der Waals surface area contributed by atoms with Crippen LogP contribution in [0, 0.1) is 5.92 Å². The Morgan fingerprint density at radius 2 is 2.25 bits per heavy atom. The quantitative estimate of drug-likeness (QED) is 0.857. The van der Waals surface area contributed by atoms with Crippen molar-refractivity contribution in [2.75, 3.05) is 18.0 Å². The maximum atomic E-state index is 6.09. The van der Waals surface area contributed by atoms with Crippen molar-refractivity contribution in [3.05, 3.63) is 5.82 Å². The van der Waals surface area contributed by atoms with Gasteiger partial charge in [0.05, 0.1) is 0 Å². The normalized spacial score (nSPS) is 26.4. The number of piperidine rings is 1. The molecule has 1 aliphatic heterocycles. The lowest BCUT2D eigenvalue weighted by atomic mass is 9.95. The van der Waals surface area contributed by atoms with Gasteiger partial charge in [-0.2, -0.15) is 4.37 Å². The van der Waals surface area contributed by atoms with Crippen molar-refractivity contribution in [3.8, 4) is 0 Å². The molecule has 16 heavy (non-hydrogen) atoms. The van der Waals surface area contributed by atoms with Gasteiger partial charge in [0, 0.05) is 36.6 Å². The summed E-state index contributed by atoms with van der Waals surface area (Å²) in [5, 5.41) is 1.03. The summed E-state index contributed by atoms with van der Waals surface area (Å²) in [6.45, 7) is 8.43. The Bertz CT molecular complexity index is 350. The van der Waals surface area contributed by atoms with Crippen molar-refractivity contribution in [1.29, 1.82) is 0 Å². The van der Waals surface area contributed by atoms with E-state index in [4.69, 9.17) is 5.73 Å². The van der Waals surface area contributed by atoms with Gasteiger partial charge in [-0.15, -0.1) is 0 Å². The smallest absolute Gasteiger partial charge is 0.205 e. The Morgan fingerprint density at radius 1 is 1.50 bits per heavy atom. The van der Waals surface area contributed by atoms with Crippen molar-refractivity contribution in [2.24, 2.45) is 11.7 Å². The Hall–Kier alpha value is -0.680. The van der Waals surface area contributed by atoms with Gasteiger partial charge in [-0.05, 0) is 12.3 Å².